The highest BCUT2D eigenvalue weighted by molar-refractivity contribution is 7.13. The third-order valence-electron chi connectivity index (χ3n) is 7.43. The van der Waals surface area contributed by atoms with Gasteiger partial charge in [-0.05, 0) is 61.3 Å². The van der Waals surface area contributed by atoms with Gasteiger partial charge in [0.25, 0.3) is 0 Å². The van der Waals surface area contributed by atoms with Crippen LogP contribution in [0.15, 0.2) is 11.6 Å². The Morgan fingerprint density at radius 1 is 0.944 bits per heavy atom. The smallest absolute Gasteiger partial charge is 0.410 e. The van der Waals surface area contributed by atoms with Gasteiger partial charge >= 0.3 is 12.1 Å². The summed E-state index contributed by atoms with van der Waals surface area (Å²) < 4.78 is 5.44. The van der Waals surface area contributed by atoms with E-state index in [0.717, 1.165) is 39.0 Å². The molecular formula is C26H46N6O3S. The van der Waals surface area contributed by atoms with Crippen LogP contribution in [-0.2, 0) is 4.74 Å². The van der Waals surface area contributed by atoms with E-state index in [4.69, 9.17) is 4.74 Å². The van der Waals surface area contributed by atoms with Crippen LogP contribution >= 0.6 is 11.3 Å². The van der Waals surface area contributed by atoms with E-state index in [9.17, 15) is 9.59 Å². The molecular weight excluding hydrogens is 476 g/mol. The molecule has 204 valence electrons. The molecule has 4 aliphatic heterocycles. The van der Waals surface area contributed by atoms with Gasteiger partial charge in [-0.3, -0.25) is 15.1 Å². The monoisotopic (exact) mass is 522 g/mol. The van der Waals surface area contributed by atoms with Crippen LogP contribution in [0.2, 0.25) is 0 Å². The third kappa shape index (κ3) is 6.31. The van der Waals surface area contributed by atoms with Gasteiger partial charge in [0.15, 0.2) is 5.13 Å². The number of likely N-dealkylation sites (tertiary alicyclic amines) is 4. The number of anilines is 1. The molecule has 3 amide bonds. The molecule has 36 heavy (non-hydrogen) atoms. The number of nitrogens with one attached hydrogen (secondary N) is 1. The zero-order valence-electron chi connectivity index (χ0n) is 22.2. The molecule has 5 rings (SSSR count). The van der Waals surface area contributed by atoms with Crippen molar-refractivity contribution in [2.24, 2.45) is 0 Å². The molecule has 9 nitrogen and oxygen atoms in total. The van der Waals surface area contributed by atoms with E-state index < -0.39 is 5.60 Å². The van der Waals surface area contributed by atoms with E-state index in [1.165, 1.54) is 11.3 Å². The van der Waals surface area contributed by atoms with Crippen molar-refractivity contribution >= 4 is 28.6 Å². The Bertz CT molecular complexity index is 887. The van der Waals surface area contributed by atoms with E-state index in [1.807, 2.05) is 36.0 Å². The van der Waals surface area contributed by atoms with Crippen molar-refractivity contribution < 1.29 is 14.3 Å². The van der Waals surface area contributed by atoms with Gasteiger partial charge in [-0.15, -0.1) is 11.3 Å². The maximum Gasteiger partial charge on any atom is 0.410 e. The summed E-state index contributed by atoms with van der Waals surface area (Å²) in [6.07, 6.45) is 3.78. The van der Waals surface area contributed by atoms with Gasteiger partial charge in [0.2, 0.25) is 0 Å². The van der Waals surface area contributed by atoms with E-state index in [0.29, 0.717) is 41.4 Å². The molecule has 5 heterocycles. The van der Waals surface area contributed by atoms with Gasteiger partial charge < -0.3 is 14.5 Å². The van der Waals surface area contributed by atoms with Crippen LogP contribution in [0.25, 0.3) is 0 Å². The number of rotatable bonds is 3. The van der Waals surface area contributed by atoms with E-state index in [-0.39, 0.29) is 19.6 Å². The lowest BCUT2D eigenvalue weighted by molar-refractivity contribution is 0.0104. The van der Waals surface area contributed by atoms with Crippen LogP contribution in [0, 0.1) is 0 Å². The molecule has 0 saturated carbocycles. The lowest BCUT2D eigenvalue weighted by Gasteiger charge is -2.37. The van der Waals surface area contributed by atoms with Gasteiger partial charge in [-0.2, -0.15) is 0 Å². The van der Waals surface area contributed by atoms with Crippen LogP contribution in [0.5, 0.6) is 0 Å². The van der Waals surface area contributed by atoms with Gasteiger partial charge in [-0.1, -0.05) is 7.43 Å². The van der Waals surface area contributed by atoms with Gasteiger partial charge in [0.1, 0.15) is 5.60 Å². The van der Waals surface area contributed by atoms with Crippen molar-refractivity contribution in [3.8, 4) is 0 Å². The predicted molar refractivity (Wildman–Crippen MR) is 146 cm³/mol. The number of carbonyl (C=O) groups excluding carboxylic acids is 2. The first-order valence-electron chi connectivity index (χ1n) is 12.9. The first-order chi connectivity index (χ1) is 16.4. The number of fused-ring (bicyclic) bond motifs is 4. The van der Waals surface area contributed by atoms with E-state index in [2.05, 4.69) is 47.8 Å². The SMILES string of the molecule is C.CC(C)N1C[C@@H]2C[C@H]1CN2C(=O)Nc1nccs1.CC(C)N1C[C@@H]2C[C@H]1CN2C(=O)OC(C)(C)C. The zero-order valence-corrected chi connectivity index (χ0v) is 23.0. The van der Waals surface area contributed by atoms with Crippen LogP contribution in [0.3, 0.4) is 0 Å². The Balaban J connectivity index is 0.000000196. The van der Waals surface area contributed by atoms with Crippen molar-refractivity contribution in [1.29, 1.82) is 0 Å². The Morgan fingerprint density at radius 2 is 1.47 bits per heavy atom. The molecule has 4 aliphatic rings. The number of hydrogen-bond acceptors (Lipinski definition) is 7. The minimum atomic E-state index is -0.392. The largest absolute Gasteiger partial charge is 0.444 e. The summed E-state index contributed by atoms with van der Waals surface area (Å²) >= 11 is 1.46. The maximum atomic E-state index is 12.1. The zero-order chi connectivity index (χ0) is 25.5. The molecule has 4 fully saturated rings. The quantitative estimate of drug-likeness (QED) is 0.627. The summed E-state index contributed by atoms with van der Waals surface area (Å²) in [6.45, 7) is 18.3. The van der Waals surface area contributed by atoms with Crippen LogP contribution < -0.4 is 5.32 Å². The Hall–Kier alpha value is -1.91. The fourth-order valence-corrected chi connectivity index (χ4v) is 6.42. The van der Waals surface area contributed by atoms with Gasteiger partial charge in [0.05, 0.1) is 0 Å². The summed E-state index contributed by atoms with van der Waals surface area (Å²) in [5.41, 5.74) is -0.392. The second-order valence-corrected chi connectivity index (χ2v) is 12.6. The number of ether oxygens (including phenoxy) is 1. The number of amides is 3. The number of carbonyl (C=O) groups is 2. The highest BCUT2D eigenvalue weighted by atomic mass is 32.1. The minimum Gasteiger partial charge on any atom is -0.444 e. The maximum absolute atomic E-state index is 12.1. The lowest BCUT2D eigenvalue weighted by Crippen LogP contribution is -2.51. The lowest BCUT2D eigenvalue weighted by atomic mass is 10.2. The average Bonchev–Trinajstić information content (AvgIpc) is 3.58. The summed E-state index contributed by atoms with van der Waals surface area (Å²) in [4.78, 5) is 37.1. The number of thiazole rings is 1. The van der Waals surface area contributed by atoms with Crippen molar-refractivity contribution in [1.82, 2.24) is 24.6 Å². The normalized spacial score (nSPS) is 27.4. The molecule has 0 unspecified atom stereocenters. The molecule has 1 aromatic rings. The van der Waals surface area contributed by atoms with Gasteiger partial charge in [0, 0.05) is 74.0 Å². The van der Waals surface area contributed by atoms with Crippen molar-refractivity contribution in [2.75, 3.05) is 31.5 Å². The number of hydrogen-bond donors (Lipinski definition) is 1. The first kappa shape index (κ1) is 28.7. The van der Waals surface area contributed by atoms with Crippen LogP contribution in [0.4, 0.5) is 14.7 Å². The van der Waals surface area contributed by atoms with E-state index in [1.54, 1.807) is 6.20 Å². The fraction of sp³-hybridized carbons (Fsp3) is 0.808. The number of urea groups is 1. The summed E-state index contributed by atoms with van der Waals surface area (Å²) in [7, 11) is 0. The molecule has 1 aromatic heterocycles. The van der Waals surface area contributed by atoms with Crippen molar-refractivity contribution in [3.05, 3.63) is 11.6 Å². The molecule has 0 spiro atoms. The molecule has 4 bridgehead atoms. The molecule has 0 radical (unpaired) electrons. The molecule has 0 aromatic carbocycles. The summed E-state index contributed by atoms with van der Waals surface area (Å²) in [6, 6.07) is 2.95. The standard InChI is InChI=1S/C13H24N2O2.C12H18N4OS.CH4/c1-9(2)14-7-11-6-10(14)8-15(11)12(16)17-13(3,4)5;1-8(2)15-6-10-5-9(15)7-16(10)12(17)14-11-13-3-4-18-11;/h9-11H,6-8H2,1-5H3;3-4,8-10H,5-7H2,1-2H3,(H,13,14,17);1H4/t10-,11-;9-,10-;/m00./s1. The number of piperazine rings is 2. The molecule has 10 heteroatoms. The fourth-order valence-electron chi connectivity index (χ4n) is 5.90. The Morgan fingerprint density at radius 3 is 1.86 bits per heavy atom. The third-order valence-corrected chi connectivity index (χ3v) is 8.12. The van der Waals surface area contributed by atoms with Crippen LogP contribution in [-0.4, -0.2) is 105 Å². The minimum absolute atomic E-state index is 0. The summed E-state index contributed by atoms with van der Waals surface area (Å²) in [5.74, 6) is 0. The highest BCUT2D eigenvalue weighted by Gasteiger charge is 2.47. The molecule has 1 N–H and O–H groups in total. The van der Waals surface area contributed by atoms with Crippen molar-refractivity contribution in [2.45, 2.75) is 111 Å². The molecule has 4 atom stereocenters. The van der Waals surface area contributed by atoms with Crippen molar-refractivity contribution in [3.63, 3.8) is 0 Å². The second kappa shape index (κ2) is 11.2. The Kier molecular flexibility index (Phi) is 8.94. The highest BCUT2D eigenvalue weighted by Crippen LogP contribution is 2.34. The summed E-state index contributed by atoms with van der Waals surface area (Å²) in [5, 5.41) is 5.42. The average molecular weight is 523 g/mol. The number of nitrogens with zero attached hydrogens (tertiary/aromatic N) is 5. The molecule has 4 saturated heterocycles. The predicted octanol–water partition coefficient (Wildman–Crippen LogP) is 4.57. The Labute approximate surface area is 221 Å². The second-order valence-electron chi connectivity index (χ2n) is 11.7. The van der Waals surface area contributed by atoms with E-state index >= 15 is 0 Å². The van der Waals surface area contributed by atoms with Crippen LogP contribution in [0.1, 0.15) is 68.7 Å². The molecule has 0 aliphatic carbocycles. The number of aromatic nitrogens is 1. The first-order valence-corrected chi connectivity index (χ1v) is 13.8. The van der Waals surface area contributed by atoms with Gasteiger partial charge in [-0.25, -0.2) is 14.6 Å². The topological polar surface area (TPSA) is 81.3 Å².